The minimum atomic E-state index is 0.330. The van der Waals surface area contributed by atoms with Crippen molar-refractivity contribution < 1.29 is 4.79 Å². The first kappa shape index (κ1) is 16.0. The molecule has 4 atom stereocenters. The Balaban J connectivity index is 1.93. The molecule has 2 rings (SSSR count). The first-order valence-electron chi connectivity index (χ1n) is 8.77. The van der Waals surface area contributed by atoms with E-state index < -0.39 is 0 Å². The molecule has 2 aliphatic carbocycles. The Morgan fingerprint density at radius 2 is 2.00 bits per heavy atom. The lowest BCUT2D eigenvalue weighted by atomic mass is 9.62. The van der Waals surface area contributed by atoms with Crippen molar-refractivity contribution in [3.8, 4) is 0 Å². The van der Waals surface area contributed by atoms with E-state index in [1.165, 1.54) is 38.5 Å². The van der Waals surface area contributed by atoms with Crippen LogP contribution < -0.4 is 0 Å². The summed E-state index contributed by atoms with van der Waals surface area (Å²) in [7, 11) is 0. The van der Waals surface area contributed by atoms with Gasteiger partial charge in [-0.25, -0.2) is 0 Å². The Morgan fingerprint density at radius 3 is 2.65 bits per heavy atom. The van der Waals surface area contributed by atoms with Crippen LogP contribution in [0.1, 0.15) is 86.0 Å². The lowest BCUT2D eigenvalue weighted by Gasteiger charge is -2.42. The van der Waals surface area contributed by atoms with Gasteiger partial charge in [0, 0.05) is 12.3 Å². The highest BCUT2D eigenvalue weighted by molar-refractivity contribution is 5.83. The molecule has 0 N–H and O–H groups in total. The van der Waals surface area contributed by atoms with Gasteiger partial charge in [-0.05, 0) is 54.8 Å². The highest BCUT2D eigenvalue weighted by atomic mass is 16.1. The summed E-state index contributed by atoms with van der Waals surface area (Å²) in [5.41, 5.74) is 0.791. The van der Waals surface area contributed by atoms with Crippen molar-refractivity contribution in [1.29, 1.82) is 0 Å². The van der Waals surface area contributed by atoms with Gasteiger partial charge in [0.2, 0.25) is 0 Å². The molecule has 116 valence electrons. The Labute approximate surface area is 125 Å². The van der Waals surface area contributed by atoms with E-state index in [1.54, 1.807) is 0 Å². The Bertz CT molecular complexity index is 351. The first-order valence-corrected chi connectivity index (χ1v) is 8.77. The molecule has 0 aliphatic heterocycles. The van der Waals surface area contributed by atoms with Crippen LogP contribution in [0.3, 0.4) is 0 Å². The SMILES string of the molecule is C[C@H](CCCC(C)(C)C)C1CCC2C(=O)CCCC21C. The number of hydrogen-bond donors (Lipinski definition) is 0. The fraction of sp³-hybridized carbons (Fsp3) is 0.947. The summed E-state index contributed by atoms with van der Waals surface area (Å²) in [5.74, 6) is 2.55. The maximum absolute atomic E-state index is 12.2. The van der Waals surface area contributed by atoms with Crippen molar-refractivity contribution in [3.63, 3.8) is 0 Å². The zero-order valence-electron chi connectivity index (χ0n) is 14.3. The van der Waals surface area contributed by atoms with Crippen molar-refractivity contribution in [2.45, 2.75) is 86.0 Å². The summed E-state index contributed by atoms with van der Waals surface area (Å²) >= 11 is 0. The maximum atomic E-state index is 12.2. The molecule has 2 saturated carbocycles. The van der Waals surface area contributed by atoms with Crippen LogP contribution in [-0.2, 0) is 4.79 Å². The van der Waals surface area contributed by atoms with E-state index >= 15 is 0 Å². The molecule has 2 fully saturated rings. The van der Waals surface area contributed by atoms with Gasteiger partial charge in [0.1, 0.15) is 5.78 Å². The number of carbonyl (C=O) groups excluding carboxylic acids is 1. The van der Waals surface area contributed by atoms with Gasteiger partial charge in [-0.3, -0.25) is 4.79 Å². The smallest absolute Gasteiger partial charge is 0.136 e. The molecule has 0 heterocycles. The van der Waals surface area contributed by atoms with Gasteiger partial charge in [-0.2, -0.15) is 0 Å². The Hall–Kier alpha value is -0.330. The van der Waals surface area contributed by atoms with Crippen molar-refractivity contribution in [1.82, 2.24) is 0 Å². The van der Waals surface area contributed by atoms with Gasteiger partial charge in [0.05, 0.1) is 0 Å². The molecule has 0 spiro atoms. The maximum Gasteiger partial charge on any atom is 0.136 e. The molecule has 0 aromatic heterocycles. The van der Waals surface area contributed by atoms with E-state index in [0.29, 0.717) is 22.5 Å². The zero-order valence-corrected chi connectivity index (χ0v) is 14.3. The number of rotatable bonds is 4. The third-order valence-corrected chi connectivity index (χ3v) is 6.21. The van der Waals surface area contributed by atoms with Crippen molar-refractivity contribution >= 4 is 5.78 Å². The van der Waals surface area contributed by atoms with E-state index in [0.717, 1.165) is 24.7 Å². The van der Waals surface area contributed by atoms with Crippen molar-refractivity contribution in [3.05, 3.63) is 0 Å². The number of hydrogen-bond acceptors (Lipinski definition) is 1. The van der Waals surface area contributed by atoms with Gasteiger partial charge in [0.25, 0.3) is 0 Å². The van der Waals surface area contributed by atoms with E-state index in [-0.39, 0.29) is 0 Å². The number of carbonyl (C=O) groups is 1. The topological polar surface area (TPSA) is 17.1 Å². The predicted octanol–water partition coefficient (Wildman–Crippen LogP) is 5.62. The average Bonchev–Trinajstić information content (AvgIpc) is 2.66. The van der Waals surface area contributed by atoms with Gasteiger partial charge in [0.15, 0.2) is 0 Å². The first-order chi connectivity index (χ1) is 9.24. The van der Waals surface area contributed by atoms with Crippen LogP contribution in [0.15, 0.2) is 0 Å². The van der Waals surface area contributed by atoms with Gasteiger partial charge >= 0.3 is 0 Å². The molecule has 1 nitrogen and oxygen atoms in total. The summed E-state index contributed by atoms with van der Waals surface area (Å²) in [6.07, 6.45) is 9.75. The van der Waals surface area contributed by atoms with Crippen molar-refractivity contribution in [2.24, 2.45) is 28.6 Å². The van der Waals surface area contributed by atoms with Gasteiger partial charge in [-0.15, -0.1) is 0 Å². The predicted molar refractivity (Wildman–Crippen MR) is 85.6 cm³/mol. The second-order valence-electron chi connectivity index (χ2n) is 8.99. The molecule has 0 amide bonds. The molecule has 0 radical (unpaired) electrons. The molecular formula is C19H34O. The Kier molecular flexibility index (Phi) is 4.66. The van der Waals surface area contributed by atoms with E-state index in [4.69, 9.17) is 0 Å². The third kappa shape index (κ3) is 3.28. The molecule has 0 bridgehead atoms. The van der Waals surface area contributed by atoms with Crippen LogP contribution in [0, 0.1) is 28.6 Å². The monoisotopic (exact) mass is 278 g/mol. The highest BCUT2D eigenvalue weighted by Gasteiger charge is 2.52. The highest BCUT2D eigenvalue weighted by Crippen LogP contribution is 2.57. The molecule has 2 aliphatic rings. The minimum Gasteiger partial charge on any atom is -0.299 e. The summed E-state index contributed by atoms with van der Waals surface area (Å²) in [4.78, 5) is 12.2. The molecule has 0 aromatic carbocycles. The van der Waals surface area contributed by atoms with E-state index in [9.17, 15) is 4.79 Å². The standard InChI is InChI=1S/C19H34O/c1-14(8-6-12-18(2,3)4)15-10-11-16-17(20)9-7-13-19(15,16)5/h14-16H,6-13H2,1-5H3/t14-,15?,16?,19?/m1/s1. The van der Waals surface area contributed by atoms with E-state index in [2.05, 4.69) is 34.6 Å². The summed E-state index contributed by atoms with van der Waals surface area (Å²) in [5, 5.41) is 0. The van der Waals surface area contributed by atoms with Gasteiger partial charge in [-0.1, -0.05) is 47.5 Å². The lowest BCUT2D eigenvalue weighted by Crippen LogP contribution is -2.39. The lowest BCUT2D eigenvalue weighted by molar-refractivity contribution is -0.130. The normalized spacial score (nSPS) is 36.0. The fourth-order valence-electron chi connectivity index (χ4n) is 5.06. The third-order valence-electron chi connectivity index (χ3n) is 6.21. The number of ketones is 1. The number of Topliss-reactive ketones (excluding diaryl/α,β-unsaturated/α-hetero) is 1. The van der Waals surface area contributed by atoms with Crippen LogP contribution >= 0.6 is 0 Å². The molecule has 0 saturated heterocycles. The van der Waals surface area contributed by atoms with Crippen LogP contribution in [0.2, 0.25) is 0 Å². The molecule has 0 aromatic rings. The second kappa shape index (κ2) is 5.81. The van der Waals surface area contributed by atoms with Crippen LogP contribution in [0.25, 0.3) is 0 Å². The second-order valence-corrected chi connectivity index (χ2v) is 8.99. The van der Waals surface area contributed by atoms with Crippen LogP contribution in [0.5, 0.6) is 0 Å². The molecule has 3 unspecified atom stereocenters. The molecule has 20 heavy (non-hydrogen) atoms. The van der Waals surface area contributed by atoms with Crippen LogP contribution in [0.4, 0.5) is 0 Å². The average molecular weight is 278 g/mol. The number of fused-ring (bicyclic) bond motifs is 1. The summed E-state index contributed by atoms with van der Waals surface area (Å²) < 4.78 is 0. The van der Waals surface area contributed by atoms with Crippen molar-refractivity contribution in [2.75, 3.05) is 0 Å². The van der Waals surface area contributed by atoms with Gasteiger partial charge < -0.3 is 0 Å². The molecular weight excluding hydrogens is 244 g/mol. The quantitative estimate of drug-likeness (QED) is 0.652. The zero-order chi connectivity index (χ0) is 15.0. The Morgan fingerprint density at radius 1 is 1.30 bits per heavy atom. The van der Waals surface area contributed by atoms with E-state index in [1.807, 2.05) is 0 Å². The fourth-order valence-corrected chi connectivity index (χ4v) is 5.06. The largest absolute Gasteiger partial charge is 0.299 e. The van der Waals surface area contributed by atoms with Crippen LogP contribution in [-0.4, -0.2) is 5.78 Å². The minimum absolute atomic E-state index is 0.330. The summed E-state index contributed by atoms with van der Waals surface area (Å²) in [6, 6.07) is 0. The molecule has 1 heteroatoms. The summed E-state index contributed by atoms with van der Waals surface area (Å²) in [6.45, 7) is 11.9.